The molecule has 1 aromatic heterocycles. The summed E-state index contributed by atoms with van der Waals surface area (Å²) in [5.41, 5.74) is 1.26. The number of aromatic nitrogens is 3. The Bertz CT molecular complexity index is 1140. The van der Waals surface area contributed by atoms with Crippen LogP contribution >= 0.6 is 11.8 Å². The molecule has 178 valence electrons. The Balaban J connectivity index is 1.49. The summed E-state index contributed by atoms with van der Waals surface area (Å²) >= 11 is 1.22. The molecule has 7 nitrogen and oxygen atoms in total. The van der Waals surface area contributed by atoms with Gasteiger partial charge >= 0.3 is 5.97 Å². The van der Waals surface area contributed by atoms with Crippen molar-refractivity contribution in [3.63, 3.8) is 0 Å². The van der Waals surface area contributed by atoms with Crippen molar-refractivity contribution in [3.8, 4) is 17.1 Å². The number of hydrogen-bond acceptors (Lipinski definition) is 6. The summed E-state index contributed by atoms with van der Waals surface area (Å²) < 4.78 is 33.7. The third kappa shape index (κ3) is 5.44. The molecule has 10 heteroatoms. The van der Waals surface area contributed by atoms with Crippen LogP contribution in [0.2, 0.25) is 0 Å². The van der Waals surface area contributed by atoms with Crippen molar-refractivity contribution < 1.29 is 23.1 Å². The highest BCUT2D eigenvalue weighted by atomic mass is 32.2. The largest absolute Gasteiger partial charge is 0.466 e. The monoisotopic (exact) mass is 486 g/mol. The molecule has 0 bridgehead atoms. The van der Waals surface area contributed by atoms with Crippen LogP contribution in [0.4, 0.5) is 8.78 Å². The molecule has 0 N–H and O–H groups in total. The van der Waals surface area contributed by atoms with Gasteiger partial charge in [0.25, 0.3) is 0 Å². The Kier molecular flexibility index (Phi) is 7.56. The Hall–Kier alpha value is -3.27. The third-order valence-electron chi connectivity index (χ3n) is 5.61. The number of piperidine rings is 1. The van der Waals surface area contributed by atoms with Gasteiger partial charge in [-0.1, -0.05) is 11.8 Å². The van der Waals surface area contributed by atoms with Crippen molar-refractivity contribution in [2.75, 3.05) is 25.4 Å². The highest BCUT2D eigenvalue weighted by molar-refractivity contribution is 7.99. The Morgan fingerprint density at radius 1 is 1.00 bits per heavy atom. The van der Waals surface area contributed by atoms with Gasteiger partial charge in [-0.2, -0.15) is 0 Å². The molecule has 34 heavy (non-hydrogen) atoms. The first-order valence-electron chi connectivity index (χ1n) is 11.0. The van der Waals surface area contributed by atoms with Crippen LogP contribution in [-0.4, -0.2) is 57.0 Å². The second-order valence-corrected chi connectivity index (χ2v) is 8.76. The molecule has 1 amide bonds. The van der Waals surface area contributed by atoms with Crippen LogP contribution < -0.4 is 0 Å². The number of esters is 1. The van der Waals surface area contributed by atoms with Gasteiger partial charge in [0.1, 0.15) is 11.6 Å². The van der Waals surface area contributed by atoms with Crippen LogP contribution in [0.1, 0.15) is 19.8 Å². The quantitative estimate of drug-likeness (QED) is 0.370. The molecule has 0 saturated carbocycles. The SMILES string of the molecule is CCOC(=O)C1CCN(C(=O)CSc2nnc(-c3ccc(F)cc3)n2-c2ccc(F)cc2)CC1. The molecule has 1 fully saturated rings. The number of carbonyl (C=O) groups excluding carboxylic acids is 2. The summed E-state index contributed by atoms with van der Waals surface area (Å²) in [6.45, 7) is 3.12. The molecule has 0 atom stereocenters. The van der Waals surface area contributed by atoms with Crippen LogP contribution in [0.15, 0.2) is 53.7 Å². The van der Waals surface area contributed by atoms with Crippen LogP contribution in [-0.2, 0) is 14.3 Å². The molecule has 0 unspecified atom stereocenters. The number of halogens is 2. The minimum Gasteiger partial charge on any atom is -0.466 e. The maximum absolute atomic E-state index is 13.5. The maximum atomic E-state index is 13.5. The molecule has 4 rings (SSSR count). The summed E-state index contributed by atoms with van der Waals surface area (Å²) in [6, 6.07) is 11.7. The van der Waals surface area contributed by atoms with Crippen LogP contribution in [0.5, 0.6) is 0 Å². The van der Waals surface area contributed by atoms with Gasteiger partial charge in [0.2, 0.25) is 5.91 Å². The molecular weight excluding hydrogens is 462 g/mol. The van der Waals surface area contributed by atoms with E-state index in [0.717, 1.165) is 0 Å². The van der Waals surface area contributed by atoms with E-state index in [1.165, 1.54) is 36.0 Å². The number of carbonyl (C=O) groups is 2. The summed E-state index contributed by atoms with van der Waals surface area (Å²) in [5.74, 6) is -0.603. The Morgan fingerprint density at radius 2 is 1.62 bits per heavy atom. The Morgan fingerprint density at radius 3 is 2.24 bits per heavy atom. The number of amides is 1. The topological polar surface area (TPSA) is 77.3 Å². The average molecular weight is 487 g/mol. The van der Waals surface area contributed by atoms with Gasteiger partial charge in [-0.25, -0.2) is 8.78 Å². The van der Waals surface area contributed by atoms with E-state index < -0.39 is 0 Å². The lowest BCUT2D eigenvalue weighted by atomic mass is 9.97. The molecular formula is C24H24F2N4O3S. The van der Waals surface area contributed by atoms with Crippen molar-refractivity contribution in [1.82, 2.24) is 19.7 Å². The summed E-state index contributed by atoms with van der Waals surface area (Å²) in [5, 5.41) is 8.95. The molecule has 0 aliphatic carbocycles. The van der Waals surface area contributed by atoms with Gasteiger partial charge < -0.3 is 9.64 Å². The number of nitrogens with zero attached hydrogens (tertiary/aromatic N) is 4. The van der Waals surface area contributed by atoms with E-state index in [-0.39, 0.29) is 35.2 Å². The van der Waals surface area contributed by atoms with E-state index in [1.807, 2.05) is 0 Å². The number of thioether (sulfide) groups is 1. The van der Waals surface area contributed by atoms with Crippen molar-refractivity contribution in [3.05, 3.63) is 60.2 Å². The fraction of sp³-hybridized carbons (Fsp3) is 0.333. The number of likely N-dealkylation sites (tertiary alicyclic amines) is 1. The zero-order valence-electron chi connectivity index (χ0n) is 18.6. The zero-order chi connectivity index (χ0) is 24.1. The second-order valence-electron chi connectivity index (χ2n) is 7.82. The average Bonchev–Trinajstić information content (AvgIpc) is 3.27. The number of rotatable bonds is 7. The standard InChI is InChI=1S/C24H24F2N4O3S/c1-2-33-23(32)17-11-13-29(14-12-17)21(31)15-34-24-28-27-22(16-3-5-18(25)6-4-16)30(24)20-9-7-19(26)8-10-20/h3-10,17H,2,11-15H2,1H3. The zero-order valence-corrected chi connectivity index (χ0v) is 19.4. The first kappa shape index (κ1) is 23.9. The minimum absolute atomic E-state index is 0.0655. The first-order valence-corrected chi connectivity index (χ1v) is 12.0. The number of ether oxygens (including phenoxy) is 1. The van der Waals surface area contributed by atoms with E-state index in [2.05, 4.69) is 10.2 Å². The van der Waals surface area contributed by atoms with Crippen molar-refractivity contribution in [1.29, 1.82) is 0 Å². The highest BCUT2D eigenvalue weighted by Gasteiger charge is 2.28. The second kappa shape index (κ2) is 10.8. The van der Waals surface area contributed by atoms with Crippen LogP contribution in [0, 0.1) is 17.6 Å². The lowest BCUT2D eigenvalue weighted by molar-refractivity contribution is -0.151. The first-order chi connectivity index (χ1) is 16.5. The fourth-order valence-electron chi connectivity index (χ4n) is 3.81. The van der Waals surface area contributed by atoms with Crippen molar-refractivity contribution in [2.45, 2.75) is 24.9 Å². The van der Waals surface area contributed by atoms with E-state index in [0.29, 0.717) is 54.8 Å². The van der Waals surface area contributed by atoms with E-state index in [9.17, 15) is 18.4 Å². The lowest BCUT2D eigenvalue weighted by Gasteiger charge is -2.30. The highest BCUT2D eigenvalue weighted by Crippen LogP contribution is 2.29. The predicted molar refractivity (Wildman–Crippen MR) is 123 cm³/mol. The van der Waals surface area contributed by atoms with E-state index in [4.69, 9.17) is 4.74 Å². The molecule has 0 spiro atoms. The van der Waals surface area contributed by atoms with Crippen molar-refractivity contribution >= 4 is 23.6 Å². The predicted octanol–water partition coefficient (Wildman–Crippen LogP) is 4.11. The molecule has 1 saturated heterocycles. The van der Waals surface area contributed by atoms with Gasteiger partial charge in [-0.3, -0.25) is 14.2 Å². The van der Waals surface area contributed by atoms with Gasteiger partial charge in [0.15, 0.2) is 11.0 Å². The minimum atomic E-state index is -0.379. The lowest BCUT2D eigenvalue weighted by Crippen LogP contribution is -2.41. The van der Waals surface area contributed by atoms with Crippen LogP contribution in [0.3, 0.4) is 0 Å². The smallest absolute Gasteiger partial charge is 0.309 e. The summed E-state index contributed by atoms with van der Waals surface area (Å²) in [7, 11) is 0. The third-order valence-corrected chi connectivity index (χ3v) is 6.53. The molecule has 0 radical (unpaired) electrons. The van der Waals surface area contributed by atoms with Crippen LogP contribution in [0.25, 0.3) is 17.1 Å². The number of benzene rings is 2. The summed E-state index contributed by atoms with van der Waals surface area (Å²) in [6.07, 6.45) is 1.16. The molecule has 3 aromatic rings. The summed E-state index contributed by atoms with van der Waals surface area (Å²) in [4.78, 5) is 26.5. The molecule has 1 aliphatic rings. The van der Waals surface area contributed by atoms with Gasteiger partial charge in [-0.05, 0) is 68.3 Å². The Labute approximate surface area is 200 Å². The normalized spacial score (nSPS) is 14.3. The maximum Gasteiger partial charge on any atom is 0.309 e. The van der Waals surface area contributed by atoms with Gasteiger partial charge in [-0.15, -0.1) is 10.2 Å². The van der Waals surface area contributed by atoms with Crippen molar-refractivity contribution in [2.24, 2.45) is 5.92 Å². The molecule has 2 heterocycles. The fourth-order valence-corrected chi connectivity index (χ4v) is 4.67. The van der Waals surface area contributed by atoms with E-state index >= 15 is 0 Å². The molecule has 2 aromatic carbocycles. The van der Waals surface area contributed by atoms with Gasteiger partial charge in [0, 0.05) is 24.3 Å². The molecule has 1 aliphatic heterocycles. The number of hydrogen-bond donors (Lipinski definition) is 0. The van der Waals surface area contributed by atoms with E-state index in [1.54, 1.807) is 40.7 Å². The van der Waals surface area contributed by atoms with Gasteiger partial charge in [0.05, 0.1) is 18.3 Å².